The van der Waals surface area contributed by atoms with E-state index in [1.54, 1.807) is 0 Å². The lowest BCUT2D eigenvalue weighted by Gasteiger charge is -2.26. The van der Waals surface area contributed by atoms with Gasteiger partial charge in [-0.05, 0) is 30.7 Å². The van der Waals surface area contributed by atoms with E-state index in [2.05, 4.69) is 22.7 Å². The summed E-state index contributed by atoms with van der Waals surface area (Å²) >= 11 is 0. The van der Waals surface area contributed by atoms with Gasteiger partial charge in [-0.15, -0.1) is 0 Å². The first-order valence-electron chi connectivity index (χ1n) is 6.96. The SMILES string of the molecule is CC1CCCC(CNc2nc(NN)ccc2[N+](=O)[O-])C1. The van der Waals surface area contributed by atoms with Crippen LogP contribution in [-0.4, -0.2) is 16.5 Å². The Morgan fingerprint density at radius 3 is 2.95 bits per heavy atom. The number of hydrogen-bond acceptors (Lipinski definition) is 6. The highest BCUT2D eigenvalue weighted by Gasteiger charge is 2.21. The van der Waals surface area contributed by atoms with Crippen LogP contribution in [0.2, 0.25) is 0 Å². The Bertz CT molecular complexity index is 480. The molecule has 0 radical (unpaired) electrons. The molecule has 2 rings (SSSR count). The summed E-state index contributed by atoms with van der Waals surface area (Å²) < 4.78 is 0. The first-order chi connectivity index (χ1) is 9.60. The van der Waals surface area contributed by atoms with Crippen molar-refractivity contribution in [3.8, 4) is 0 Å². The first-order valence-corrected chi connectivity index (χ1v) is 6.96. The standard InChI is InChI=1S/C13H21N5O2/c1-9-3-2-4-10(7-9)8-15-13-11(18(19)20)5-6-12(16-13)17-14/h5-6,9-10H,2-4,7-8,14H2,1H3,(H2,15,16,17). The molecule has 0 aromatic carbocycles. The van der Waals surface area contributed by atoms with Gasteiger partial charge in [-0.2, -0.15) is 0 Å². The second-order valence-electron chi connectivity index (χ2n) is 5.48. The average Bonchev–Trinajstić information content (AvgIpc) is 2.44. The molecule has 1 heterocycles. The molecular weight excluding hydrogens is 258 g/mol. The third kappa shape index (κ3) is 3.57. The van der Waals surface area contributed by atoms with Crippen LogP contribution in [0.5, 0.6) is 0 Å². The largest absolute Gasteiger partial charge is 0.364 e. The van der Waals surface area contributed by atoms with Gasteiger partial charge in [0.1, 0.15) is 5.82 Å². The van der Waals surface area contributed by atoms with Crippen LogP contribution in [0.15, 0.2) is 12.1 Å². The van der Waals surface area contributed by atoms with Crippen LogP contribution in [0.1, 0.15) is 32.6 Å². The lowest BCUT2D eigenvalue weighted by Crippen LogP contribution is -2.22. The molecule has 0 amide bonds. The van der Waals surface area contributed by atoms with Gasteiger partial charge >= 0.3 is 5.69 Å². The van der Waals surface area contributed by atoms with Gasteiger partial charge in [0.05, 0.1) is 4.92 Å². The summed E-state index contributed by atoms with van der Waals surface area (Å²) in [5.74, 6) is 7.27. The summed E-state index contributed by atoms with van der Waals surface area (Å²) in [4.78, 5) is 14.7. The Hall–Kier alpha value is -1.89. The van der Waals surface area contributed by atoms with Gasteiger partial charge in [0.2, 0.25) is 5.82 Å². The zero-order valence-electron chi connectivity index (χ0n) is 11.6. The molecule has 0 spiro atoms. The molecular formula is C13H21N5O2. The van der Waals surface area contributed by atoms with E-state index in [0.717, 1.165) is 12.3 Å². The van der Waals surface area contributed by atoms with Gasteiger partial charge in [-0.25, -0.2) is 10.8 Å². The van der Waals surface area contributed by atoms with Crippen molar-refractivity contribution in [2.45, 2.75) is 32.6 Å². The van der Waals surface area contributed by atoms with E-state index in [4.69, 9.17) is 5.84 Å². The Morgan fingerprint density at radius 2 is 2.30 bits per heavy atom. The van der Waals surface area contributed by atoms with Crippen molar-refractivity contribution >= 4 is 17.3 Å². The maximum Gasteiger partial charge on any atom is 0.311 e. The summed E-state index contributed by atoms with van der Waals surface area (Å²) in [5, 5.41) is 14.1. The van der Waals surface area contributed by atoms with Crippen molar-refractivity contribution in [1.29, 1.82) is 0 Å². The number of rotatable bonds is 5. The molecule has 2 atom stereocenters. The van der Waals surface area contributed by atoms with Crippen molar-refractivity contribution < 1.29 is 4.92 Å². The normalized spacial score (nSPS) is 22.3. The number of hydrogen-bond donors (Lipinski definition) is 3. The predicted octanol–water partition coefficient (Wildman–Crippen LogP) is 2.51. The van der Waals surface area contributed by atoms with E-state index in [9.17, 15) is 10.1 Å². The Kier molecular flexibility index (Phi) is 4.73. The fraction of sp³-hybridized carbons (Fsp3) is 0.615. The monoisotopic (exact) mass is 279 g/mol. The Labute approximate surface area is 118 Å². The van der Waals surface area contributed by atoms with Gasteiger partial charge < -0.3 is 10.7 Å². The third-order valence-electron chi connectivity index (χ3n) is 3.82. The average molecular weight is 279 g/mol. The molecule has 20 heavy (non-hydrogen) atoms. The van der Waals surface area contributed by atoms with Gasteiger partial charge in [0.15, 0.2) is 0 Å². The number of anilines is 2. The summed E-state index contributed by atoms with van der Waals surface area (Å²) in [5.41, 5.74) is 2.38. The third-order valence-corrected chi connectivity index (χ3v) is 3.82. The van der Waals surface area contributed by atoms with E-state index in [1.807, 2.05) is 0 Å². The fourth-order valence-corrected chi connectivity index (χ4v) is 2.80. The maximum absolute atomic E-state index is 11.0. The zero-order chi connectivity index (χ0) is 14.5. The number of aromatic nitrogens is 1. The lowest BCUT2D eigenvalue weighted by molar-refractivity contribution is -0.384. The van der Waals surface area contributed by atoms with Crippen molar-refractivity contribution in [3.63, 3.8) is 0 Å². The van der Waals surface area contributed by atoms with Crippen LogP contribution in [0, 0.1) is 22.0 Å². The number of nitrogens with two attached hydrogens (primary N) is 1. The number of hydrazine groups is 1. The molecule has 2 unspecified atom stereocenters. The topological polar surface area (TPSA) is 106 Å². The number of nitrogens with zero attached hydrogens (tertiary/aromatic N) is 2. The molecule has 7 heteroatoms. The zero-order valence-corrected chi connectivity index (χ0v) is 11.6. The van der Waals surface area contributed by atoms with Crippen LogP contribution >= 0.6 is 0 Å². The summed E-state index contributed by atoms with van der Waals surface area (Å²) in [6, 6.07) is 2.90. The molecule has 0 bridgehead atoms. The smallest absolute Gasteiger partial charge is 0.311 e. The molecule has 1 aromatic rings. The predicted molar refractivity (Wildman–Crippen MR) is 78.3 cm³/mol. The fourth-order valence-electron chi connectivity index (χ4n) is 2.80. The molecule has 1 aromatic heterocycles. The van der Waals surface area contributed by atoms with E-state index < -0.39 is 4.92 Å². The molecule has 4 N–H and O–H groups in total. The maximum atomic E-state index is 11.0. The quantitative estimate of drug-likeness (QED) is 0.434. The molecule has 0 aliphatic heterocycles. The number of nitrogens with one attached hydrogen (secondary N) is 2. The van der Waals surface area contributed by atoms with Gasteiger partial charge in [0, 0.05) is 12.6 Å². The molecule has 110 valence electrons. The molecule has 7 nitrogen and oxygen atoms in total. The molecule has 1 aliphatic rings. The van der Waals surface area contributed by atoms with E-state index in [1.165, 1.54) is 31.4 Å². The summed E-state index contributed by atoms with van der Waals surface area (Å²) in [6.07, 6.45) is 4.84. The van der Waals surface area contributed by atoms with E-state index >= 15 is 0 Å². The van der Waals surface area contributed by atoms with E-state index in [-0.39, 0.29) is 11.5 Å². The molecule has 1 saturated carbocycles. The minimum absolute atomic E-state index is 0.0205. The summed E-state index contributed by atoms with van der Waals surface area (Å²) in [7, 11) is 0. The summed E-state index contributed by atoms with van der Waals surface area (Å²) in [6.45, 7) is 2.97. The van der Waals surface area contributed by atoms with Crippen LogP contribution in [-0.2, 0) is 0 Å². The van der Waals surface area contributed by atoms with Gasteiger partial charge in [0.25, 0.3) is 0 Å². The van der Waals surface area contributed by atoms with Crippen LogP contribution in [0.3, 0.4) is 0 Å². The van der Waals surface area contributed by atoms with Gasteiger partial charge in [-0.3, -0.25) is 10.1 Å². The van der Waals surface area contributed by atoms with Crippen molar-refractivity contribution in [2.75, 3.05) is 17.3 Å². The van der Waals surface area contributed by atoms with Crippen LogP contribution in [0.4, 0.5) is 17.3 Å². The Morgan fingerprint density at radius 1 is 1.50 bits per heavy atom. The Balaban J connectivity index is 2.05. The molecule has 1 fully saturated rings. The van der Waals surface area contributed by atoms with E-state index in [0.29, 0.717) is 18.3 Å². The highest BCUT2D eigenvalue weighted by atomic mass is 16.6. The number of pyridine rings is 1. The number of nitro groups is 1. The van der Waals surface area contributed by atoms with Gasteiger partial charge in [-0.1, -0.05) is 19.8 Å². The van der Waals surface area contributed by atoms with Crippen molar-refractivity contribution in [1.82, 2.24) is 4.98 Å². The second kappa shape index (κ2) is 6.51. The lowest BCUT2D eigenvalue weighted by atomic mass is 9.82. The van der Waals surface area contributed by atoms with Crippen LogP contribution < -0.4 is 16.6 Å². The minimum Gasteiger partial charge on any atom is -0.364 e. The van der Waals surface area contributed by atoms with Crippen LogP contribution in [0.25, 0.3) is 0 Å². The number of nitrogen functional groups attached to an aromatic ring is 1. The molecule has 0 saturated heterocycles. The first kappa shape index (κ1) is 14.5. The highest BCUT2D eigenvalue weighted by Crippen LogP contribution is 2.30. The highest BCUT2D eigenvalue weighted by molar-refractivity contribution is 5.59. The second-order valence-corrected chi connectivity index (χ2v) is 5.48. The van der Waals surface area contributed by atoms with Crippen molar-refractivity contribution in [3.05, 3.63) is 22.2 Å². The molecule has 1 aliphatic carbocycles. The van der Waals surface area contributed by atoms with Crippen molar-refractivity contribution in [2.24, 2.45) is 17.7 Å². The minimum atomic E-state index is -0.431.